The first-order chi connectivity index (χ1) is 36.5. The topological polar surface area (TPSA) is 221 Å². The molecule has 2 aliphatic rings. The number of ether oxygens (including phenoxy) is 4. The zero-order valence-electron chi connectivity index (χ0n) is 46.0. The number of esters is 2. The molecule has 0 saturated heterocycles. The molecule has 5 heterocycles. The first-order valence-electron chi connectivity index (χ1n) is 26.0. The lowest BCUT2D eigenvalue weighted by molar-refractivity contribution is -0.151. The van der Waals surface area contributed by atoms with Crippen LogP contribution in [-0.4, -0.2) is 94.8 Å². The Morgan fingerprint density at radius 1 is 0.883 bits per heavy atom. The summed E-state index contributed by atoms with van der Waals surface area (Å²) in [7, 11) is -2.02. The van der Waals surface area contributed by atoms with Crippen LogP contribution in [0.15, 0.2) is 80.6 Å². The van der Waals surface area contributed by atoms with Crippen LogP contribution in [-0.2, 0) is 66.7 Å². The summed E-state index contributed by atoms with van der Waals surface area (Å²) in [5.74, 6) is -0.324. The van der Waals surface area contributed by atoms with Gasteiger partial charge in [-0.2, -0.15) is 0 Å². The highest BCUT2D eigenvalue weighted by Crippen LogP contribution is 2.37. The van der Waals surface area contributed by atoms with Crippen molar-refractivity contribution in [3.63, 3.8) is 0 Å². The fraction of sp³-hybridized carbons (Fsp3) is 0.456. The summed E-state index contributed by atoms with van der Waals surface area (Å²) in [6.45, 7) is 19.5. The molecule has 0 saturated carbocycles. The number of H-pyrrole nitrogens is 1. The van der Waals surface area contributed by atoms with Crippen molar-refractivity contribution in [3.05, 3.63) is 126 Å². The maximum atomic E-state index is 13.5. The third-order valence-corrected chi connectivity index (χ3v) is 14.5. The summed E-state index contributed by atoms with van der Waals surface area (Å²) in [5.41, 5.74) is 5.75. The molecule has 6 aromatic rings. The minimum absolute atomic E-state index is 0.00623. The van der Waals surface area contributed by atoms with Gasteiger partial charge in [0.2, 0.25) is 5.88 Å². The van der Waals surface area contributed by atoms with Crippen molar-refractivity contribution >= 4 is 55.8 Å². The van der Waals surface area contributed by atoms with Crippen LogP contribution in [0.25, 0.3) is 22.0 Å². The maximum Gasteiger partial charge on any atom is 0.344 e. The van der Waals surface area contributed by atoms with Crippen molar-refractivity contribution in [2.45, 2.75) is 131 Å². The number of hydrogen-bond donors (Lipinski definition) is 1. The van der Waals surface area contributed by atoms with Gasteiger partial charge in [0.1, 0.15) is 29.0 Å². The molecular formula is C57H71ClN6O12S. The minimum atomic E-state index is -3.52. The molecule has 3 aromatic heterocycles. The van der Waals surface area contributed by atoms with Crippen LogP contribution in [0.4, 0.5) is 0 Å². The second kappa shape index (κ2) is 26.0. The number of pyridine rings is 1. The summed E-state index contributed by atoms with van der Waals surface area (Å²) in [6.07, 6.45) is 10.3. The number of aryl methyl sites for hydroxylation is 4. The molecule has 0 radical (unpaired) electrons. The molecule has 0 bridgehead atoms. The zero-order chi connectivity index (χ0) is 56.4. The minimum Gasteiger partial charge on any atom is -0.480 e. The van der Waals surface area contributed by atoms with E-state index >= 15 is 0 Å². The highest BCUT2D eigenvalue weighted by atomic mass is 35.5. The monoisotopic (exact) mass is 1100 g/mol. The smallest absolute Gasteiger partial charge is 0.344 e. The molecule has 77 heavy (non-hydrogen) atoms. The number of carbonyl (C=O) groups excluding carboxylic acids is 3. The third-order valence-electron chi connectivity index (χ3n) is 13.1. The number of rotatable bonds is 16. The number of benzene rings is 3. The average Bonchev–Trinajstić information content (AvgIpc) is 4.09. The van der Waals surface area contributed by atoms with Gasteiger partial charge in [-0.3, -0.25) is 28.8 Å². The number of aromatic amines is 1. The number of carbonyl (C=O) groups is 3. The third kappa shape index (κ3) is 14.2. The molecule has 1 N–H and O–H groups in total. The lowest BCUT2D eigenvalue weighted by atomic mass is 9.91. The van der Waals surface area contributed by atoms with Gasteiger partial charge >= 0.3 is 11.9 Å². The fourth-order valence-corrected chi connectivity index (χ4v) is 10.2. The molecule has 0 spiro atoms. The predicted octanol–water partition coefficient (Wildman–Crippen LogP) is 9.29. The van der Waals surface area contributed by atoms with Crippen LogP contribution in [0.3, 0.4) is 0 Å². The van der Waals surface area contributed by atoms with E-state index in [0.717, 1.165) is 66.9 Å². The van der Waals surface area contributed by atoms with E-state index in [4.69, 9.17) is 35.4 Å². The van der Waals surface area contributed by atoms with Crippen molar-refractivity contribution in [1.29, 1.82) is 0 Å². The molecule has 8 rings (SSSR count). The number of sulfone groups is 1. The second-order valence-electron chi connectivity index (χ2n) is 20.1. The van der Waals surface area contributed by atoms with Gasteiger partial charge in [0.15, 0.2) is 22.2 Å². The van der Waals surface area contributed by atoms with Crippen LogP contribution >= 0.6 is 11.6 Å². The normalized spacial score (nSPS) is 13.7. The van der Waals surface area contributed by atoms with Gasteiger partial charge < -0.3 is 28.9 Å². The molecule has 3 aromatic carbocycles. The molecule has 1 unspecified atom stereocenters. The predicted molar refractivity (Wildman–Crippen MR) is 296 cm³/mol. The van der Waals surface area contributed by atoms with Crippen molar-refractivity contribution in [2.24, 2.45) is 17.6 Å². The van der Waals surface area contributed by atoms with E-state index in [1.165, 1.54) is 35.6 Å². The second-order valence-corrected chi connectivity index (χ2v) is 22.5. The fourth-order valence-electron chi connectivity index (χ4n) is 9.01. The van der Waals surface area contributed by atoms with E-state index in [-0.39, 0.29) is 46.2 Å². The Hall–Kier alpha value is -6.83. The Bertz CT molecular complexity index is 3370. The number of oxime groups is 1. The average molecular weight is 1100 g/mol. The number of hydrogen-bond acceptors (Lipinski definition) is 14. The number of ketones is 1. The summed E-state index contributed by atoms with van der Waals surface area (Å²) in [5, 5.41) is 7.96. The maximum absolute atomic E-state index is 13.5. The van der Waals surface area contributed by atoms with Crippen molar-refractivity contribution in [3.8, 4) is 22.8 Å². The van der Waals surface area contributed by atoms with E-state index in [1.54, 1.807) is 34.6 Å². The van der Waals surface area contributed by atoms with E-state index in [2.05, 4.69) is 55.1 Å². The largest absolute Gasteiger partial charge is 0.480 e. The standard InChI is InChI=1S/C23H32N2O4.C18H22ClNO3.C16H17N3O5S/c1-7-16-13-15(3)14-17(8-2)18(16)19-20(26)24-9-11-28-12-10-25(24)21(19)29-22(27)23(4,5)6;1-3-4-5-7-13(2)23-17(21)12-22-16-10-9-15(19)14-8-6-11-20-18(14)16;1-9-10(15(20)11-8-17-19(2)16(11)21)4-5-13(25(3,22)23)14(9)12-6-7-24-18-12/h13-14H,7-12H2,1-6H3;6,8-11,13H,3-5,7,12H2,1-2H3;4-5,8,17H,6-7H2,1-3H3. The number of aromatic nitrogens is 5. The summed E-state index contributed by atoms with van der Waals surface area (Å²) >= 11 is 6.13. The van der Waals surface area contributed by atoms with Crippen LogP contribution in [0, 0.1) is 19.3 Å². The van der Waals surface area contributed by atoms with Crippen molar-refractivity contribution in [1.82, 2.24) is 24.1 Å². The number of nitrogens with zero attached hydrogens (tertiary/aromatic N) is 5. The van der Waals surface area contributed by atoms with Crippen molar-refractivity contribution < 1.29 is 46.6 Å². The Labute approximate surface area is 454 Å². The van der Waals surface area contributed by atoms with E-state index in [1.807, 2.05) is 39.8 Å². The van der Waals surface area contributed by atoms with Crippen LogP contribution in [0.2, 0.25) is 5.02 Å². The van der Waals surface area contributed by atoms with Gasteiger partial charge in [-0.15, -0.1) is 0 Å². The lowest BCUT2D eigenvalue weighted by Gasteiger charge is -2.19. The van der Waals surface area contributed by atoms with Gasteiger partial charge in [-0.25, -0.2) is 22.6 Å². The molecule has 0 aliphatic carbocycles. The number of fused-ring (bicyclic) bond motifs is 2. The molecule has 414 valence electrons. The van der Waals surface area contributed by atoms with Gasteiger partial charge in [-0.1, -0.05) is 68.1 Å². The van der Waals surface area contributed by atoms with Crippen LogP contribution < -0.4 is 20.6 Å². The van der Waals surface area contributed by atoms with Gasteiger partial charge in [0, 0.05) is 48.6 Å². The molecule has 2 aliphatic heterocycles. The van der Waals surface area contributed by atoms with E-state index < -0.39 is 26.6 Å². The van der Waals surface area contributed by atoms with Crippen LogP contribution in [0.5, 0.6) is 11.6 Å². The molecule has 1 atom stereocenters. The van der Waals surface area contributed by atoms with E-state index in [9.17, 15) is 32.4 Å². The summed E-state index contributed by atoms with van der Waals surface area (Å²) in [6, 6.07) is 14.2. The first-order valence-corrected chi connectivity index (χ1v) is 28.2. The van der Waals surface area contributed by atoms with Gasteiger partial charge in [0.25, 0.3) is 11.1 Å². The van der Waals surface area contributed by atoms with Gasteiger partial charge in [0.05, 0.1) is 53.5 Å². The molecule has 18 nitrogen and oxygen atoms in total. The summed E-state index contributed by atoms with van der Waals surface area (Å²) in [4.78, 5) is 72.3. The zero-order valence-corrected chi connectivity index (χ0v) is 47.5. The van der Waals surface area contributed by atoms with E-state index in [0.29, 0.717) is 83.9 Å². The molecule has 0 fully saturated rings. The number of nitrogens with one attached hydrogen (secondary N) is 1. The number of halogens is 1. The summed E-state index contributed by atoms with van der Waals surface area (Å²) < 4.78 is 51.3. The Morgan fingerprint density at radius 2 is 1.57 bits per heavy atom. The lowest BCUT2D eigenvalue weighted by Crippen LogP contribution is -2.27. The van der Waals surface area contributed by atoms with Gasteiger partial charge in [-0.05, 0) is 126 Å². The Morgan fingerprint density at radius 3 is 2.17 bits per heavy atom. The highest BCUT2D eigenvalue weighted by molar-refractivity contribution is 7.90. The molecule has 0 amide bonds. The van der Waals surface area contributed by atoms with Crippen LogP contribution in [0.1, 0.15) is 124 Å². The Balaban J connectivity index is 0.000000189. The first kappa shape index (κ1) is 59.4. The quantitative estimate of drug-likeness (QED) is 0.0543. The SMILES string of the molecule is CCCCCC(C)OC(=O)COc1ccc(Cl)c2cccnc12.CCc1cc(C)cc(CC)c1-c1c(OC(=O)C(C)(C)C)n2n(c1=O)CCOCC2.Cc1c(C(=O)c2c[nH]n(C)c2=O)ccc(S(C)(=O)=O)c1C1=NOCC1. The van der Waals surface area contributed by atoms with Crippen molar-refractivity contribution in [2.75, 3.05) is 32.7 Å². The Kier molecular flexibility index (Phi) is 20.1. The highest BCUT2D eigenvalue weighted by Gasteiger charge is 2.33. The molecular weight excluding hydrogens is 1030 g/mol. The number of unbranched alkanes of at least 4 members (excludes halogenated alkanes) is 2. The molecule has 20 heteroatoms.